The van der Waals surface area contributed by atoms with Gasteiger partial charge in [-0.05, 0) is 19.1 Å². The molecule has 0 aliphatic heterocycles. The predicted octanol–water partition coefficient (Wildman–Crippen LogP) is 0.649. The van der Waals surface area contributed by atoms with Crippen molar-refractivity contribution in [3.05, 3.63) is 29.8 Å². The summed E-state index contributed by atoms with van der Waals surface area (Å²) >= 11 is 1.31. The van der Waals surface area contributed by atoms with Gasteiger partial charge in [0.2, 0.25) is 5.91 Å². The van der Waals surface area contributed by atoms with E-state index in [0.717, 1.165) is 10.5 Å². The van der Waals surface area contributed by atoms with E-state index in [2.05, 4.69) is 5.32 Å². The van der Waals surface area contributed by atoms with E-state index in [0.29, 0.717) is 0 Å². The summed E-state index contributed by atoms with van der Waals surface area (Å²) in [5.74, 6) is -1.54. The number of amides is 1. The van der Waals surface area contributed by atoms with Gasteiger partial charge in [0.05, 0.1) is 12.4 Å². The molecule has 0 aliphatic rings. The third kappa shape index (κ3) is 4.77. The number of carbonyl (C=O) groups excluding carboxylic acids is 1. The monoisotopic (exact) mass is 269 g/mol. The molecule has 0 fully saturated rings. The molecule has 1 unspecified atom stereocenters. The molecule has 98 valence electrons. The fourth-order valence-electron chi connectivity index (χ4n) is 1.20. The van der Waals surface area contributed by atoms with Crippen LogP contribution >= 0.6 is 11.8 Å². The summed E-state index contributed by atoms with van der Waals surface area (Å²) in [6, 6.07) is 6.43. The second-order valence-electron chi connectivity index (χ2n) is 3.74. The number of hydrogen-bond donors (Lipinski definition) is 3. The number of carboxylic acids is 1. The number of thioether (sulfide) groups is 1. The Morgan fingerprint density at radius 2 is 1.94 bits per heavy atom. The van der Waals surface area contributed by atoms with Crippen molar-refractivity contribution in [3.8, 4) is 0 Å². The number of aliphatic hydroxyl groups is 1. The fraction of sp³-hybridized carbons (Fsp3) is 0.333. The molecule has 0 bridgehead atoms. The van der Waals surface area contributed by atoms with Crippen molar-refractivity contribution in [1.29, 1.82) is 0 Å². The van der Waals surface area contributed by atoms with Crippen LogP contribution in [0.4, 0.5) is 0 Å². The summed E-state index contributed by atoms with van der Waals surface area (Å²) in [5.41, 5.74) is 1.13. The van der Waals surface area contributed by atoms with Crippen molar-refractivity contribution in [2.45, 2.75) is 17.9 Å². The maximum atomic E-state index is 11.5. The molecule has 1 aromatic rings. The first kappa shape index (κ1) is 14.5. The van der Waals surface area contributed by atoms with Gasteiger partial charge < -0.3 is 15.5 Å². The number of rotatable bonds is 6. The van der Waals surface area contributed by atoms with E-state index in [1.165, 1.54) is 11.8 Å². The van der Waals surface area contributed by atoms with E-state index in [1.54, 1.807) is 0 Å². The van der Waals surface area contributed by atoms with E-state index < -0.39 is 24.5 Å². The van der Waals surface area contributed by atoms with Gasteiger partial charge in [-0.3, -0.25) is 4.79 Å². The number of carbonyl (C=O) groups is 2. The Hall–Kier alpha value is -1.53. The van der Waals surface area contributed by atoms with Gasteiger partial charge in [-0.15, -0.1) is 11.8 Å². The molecule has 0 spiro atoms. The third-order valence-corrected chi connectivity index (χ3v) is 3.22. The summed E-state index contributed by atoms with van der Waals surface area (Å²) in [7, 11) is 0. The van der Waals surface area contributed by atoms with Crippen molar-refractivity contribution in [2.24, 2.45) is 0 Å². The smallest absolute Gasteiger partial charge is 0.328 e. The Morgan fingerprint density at radius 3 is 2.44 bits per heavy atom. The largest absolute Gasteiger partial charge is 0.480 e. The maximum Gasteiger partial charge on any atom is 0.328 e. The molecule has 0 radical (unpaired) electrons. The highest BCUT2D eigenvalue weighted by atomic mass is 32.2. The van der Waals surface area contributed by atoms with Gasteiger partial charge in [0.25, 0.3) is 0 Å². The topological polar surface area (TPSA) is 86.6 Å². The zero-order chi connectivity index (χ0) is 13.5. The summed E-state index contributed by atoms with van der Waals surface area (Å²) in [4.78, 5) is 23.0. The molecular formula is C12H15NO4S. The molecule has 0 aromatic heterocycles. The summed E-state index contributed by atoms with van der Waals surface area (Å²) < 4.78 is 0. The maximum absolute atomic E-state index is 11.5. The van der Waals surface area contributed by atoms with Crippen LogP contribution in [0.15, 0.2) is 29.2 Å². The highest BCUT2D eigenvalue weighted by Gasteiger charge is 2.18. The van der Waals surface area contributed by atoms with E-state index in [4.69, 9.17) is 10.2 Å². The van der Waals surface area contributed by atoms with Crippen LogP contribution < -0.4 is 5.32 Å². The van der Waals surface area contributed by atoms with Crippen LogP contribution in [0.3, 0.4) is 0 Å². The van der Waals surface area contributed by atoms with Crippen LogP contribution in [-0.4, -0.2) is 40.5 Å². The molecule has 1 amide bonds. The number of hydrogen-bond acceptors (Lipinski definition) is 4. The summed E-state index contributed by atoms with van der Waals surface area (Å²) in [5, 5.41) is 19.7. The van der Waals surface area contributed by atoms with Gasteiger partial charge in [-0.25, -0.2) is 4.79 Å². The Bertz CT molecular complexity index is 419. The second kappa shape index (κ2) is 7.03. The first-order chi connectivity index (χ1) is 8.52. The highest BCUT2D eigenvalue weighted by molar-refractivity contribution is 8.00. The lowest BCUT2D eigenvalue weighted by atomic mass is 10.2. The number of aliphatic hydroxyl groups excluding tert-OH is 1. The first-order valence-corrected chi connectivity index (χ1v) is 6.34. The van der Waals surface area contributed by atoms with Crippen molar-refractivity contribution >= 4 is 23.6 Å². The molecule has 3 N–H and O–H groups in total. The number of carboxylic acid groups (broad SMARTS) is 1. The number of benzene rings is 1. The predicted molar refractivity (Wildman–Crippen MR) is 68.6 cm³/mol. The lowest BCUT2D eigenvalue weighted by Gasteiger charge is -2.11. The van der Waals surface area contributed by atoms with Gasteiger partial charge in [-0.2, -0.15) is 0 Å². The lowest BCUT2D eigenvalue weighted by Crippen LogP contribution is -2.44. The Morgan fingerprint density at radius 1 is 1.33 bits per heavy atom. The van der Waals surface area contributed by atoms with Gasteiger partial charge in [0, 0.05) is 4.90 Å². The van der Waals surface area contributed by atoms with E-state index in [1.807, 2.05) is 31.2 Å². The van der Waals surface area contributed by atoms with E-state index in [9.17, 15) is 9.59 Å². The fourth-order valence-corrected chi connectivity index (χ4v) is 1.91. The van der Waals surface area contributed by atoms with Crippen LogP contribution in [-0.2, 0) is 9.59 Å². The molecule has 6 heteroatoms. The molecule has 1 rings (SSSR count). The Kier molecular flexibility index (Phi) is 5.67. The minimum Gasteiger partial charge on any atom is -0.480 e. The Balaban J connectivity index is 2.41. The van der Waals surface area contributed by atoms with Crippen LogP contribution in [0.25, 0.3) is 0 Å². The molecule has 1 atom stereocenters. The summed E-state index contributed by atoms with van der Waals surface area (Å²) in [6.07, 6.45) is 0. The molecule has 18 heavy (non-hydrogen) atoms. The minimum atomic E-state index is -1.24. The van der Waals surface area contributed by atoms with Crippen molar-refractivity contribution in [2.75, 3.05) is 12.4 Å². The average Bonchev–Trinajstić information content (AvgIpc) is 2.35. The molecule has 5 nitrogen and oxygen atoms in total. The lowest BCUT2D eigenvalue weighted by molar-refractivity contribution is -0.142. The van der Waals surface area contributed by atoms with Gasteiger partial charge in [-0.1, -0.05) is 17.7 Å². The van der Waals surface area contributed by atoms with Gasteiger partial charge in [0.1, 0.15) is 6.04 Å². The van der Waals surface area contributed by atoms with E-state index in [-0.39, 0.29) is 5.75 Å². The average molecular weight is 269 g/mol. The SMILES string of the molecule is Cc1ccc(SCC(=O)NC(CO)C(=O)O)cc1. The standard InChI is InChI=1S/C12H15NO4S/c1-8-2-4-9(5-3-8)18-7-11(15)13-10(6-14)12(16)17/h2-5,10,14H,6-7H2,1H3,(H,13,15)(H,16,17). The number of nitrogens with one attached hydrogen (secondary N) is 1. The summed E-state index contributed by atoms with van der Waals surface area (Å²) in [6.45, 7) is 1.36. The molecule has 1 aromatic carbocycles. The van der Waals surface area contributed by atoms with Crippen LogP contribution in [0.5, 0.6) is 0 Å². The van der Waals surface area contributed by atoms with E-state index >= 15 is 0 Å². The van der Waals surface area contributed by atoms with Crippen LogP contribution in [0.2, 0.25) is 0 Å². The quantitative estimate of drug-likeness (QED) is 0.660. The number of aliphatic carboxylic acids is 1. The normalized spacial score (nSPS) is 11.9. The first-order valence-electron chi connectivity index (χ1n) is 5.35. The van der Waals surface area contributed by atoms with Crippen molar-refractivity contribution in [1.82, 2.24) is 5.32 Å². The van der Waals surface area contributed by atoms with Crippen LogP contribution in [0, 0.1) is 6.92 Å². The number of aryl methyl sites for hydroxylation is 1. The Labute approximate surface area is 109 Å². The van der Waals surface area contributed by atoms with Crippen molar-refractivity contribution in [3.63, 3.8) is 0 Å². The second-order valence-corrected chi connectivity index (χ2v) is 4.79. The molecule has 0 saturated heterocycles. The van der Waals surface area contributed by atoms with Crippen molar-refractivity contribution < 1.29 is 19.8 Å². The molecule has 0 aliphatic carbocycles. The van der Waals surface area contributed by atoms with Gasteiger partial charge >= 0.3 is 5.97 Å². The van der Waals surface area contributed by atoms with Gasteiger partial charge in [0.15, 0.2) is 0 Å². The molecule has 0 heterocycles. The minimum absolute atomic E-state index is 0.118. The van der Waals surface area contributed by atoms with Crippen LogP contribution in [0.1, 0.15) is 5.56 Å². The third-order valence-electron chi connectivity index (χ3n) is 2.21. The molecule has 0 saturated carbocycles. The zero-order valence-corrected chi connectivity index (χ0v) is 10.7. The zero-order valence-electron chi connectivity index (χ0n) is 9.92. The molecular weight excluding hydrogens is 254 g/mol. The highest BCUT2D eigenvalue weighted by Crippen LogP contribution is 2.17.